The van der Waals surface area contributed by atoms with Crippen LogP contribution in [0.15, 0.2) is 64.0 Å². The molecule has 11 heteroatoms. The summed E-state index contributed by atoms with van der Waals surface area (Å²) in [5, 5.41) is 2.71. The Balaban J connectivity index is 2.05. The van der Waals surface area contributed by atoms with E-state index in [0.29, 0.717) is 10.0 Å². The lowest BCUT2D eigenvalue weighted by atomic mass is 10.2. The molecule has 0 saturated carbocycles. The number of carbonyl (C=O) groups is 1. The van der Waals surface area contributed by atoms with Crippen LogP contribution in [-0.4, -0.2) is 28.0 Å². The van der Waals surface area contributed by atoms with Crippen LogP contribution in [0.1, 0.15) is 5.56 Å². The Hall–Kier alpha value is -2.33. The number of rotatable bonds is 7. The molecular formula is C22H18BrCl2FN2O4S. The molecule has 1 N–H and O–H groups in total. The fourth-order valence-electron chi connectivity index (χ4n) is 2.97. The van der Waals surface area contributed by atoms with Gasteiger partial charge in [0.2, 0.25) is 5.91 Å². The van der Waals surface area contributed by atoms with Crippen LogP contribution in [0.25, 0.3) is 0 Å². The quantitative estimate of drug-likeness (QED) is 0.372. The van der Waals surface area contributed by atoms with Gasteiger partial charge in [0, 0.05) is 4.47 Å². The van der Waals surface area contributed by atoms with E-state index < -0.39 is 28.3 Å². The van der Waals surface area contributed by atoms with Gasteiger partial charge >= 0.3 is 0 Å². The number of hydrogen-bond acceptors (Lipinski definition) is 4. The number of nitrogens with one attached hydrogen (secondary N) is 1. The van der Waals surface area contributed by atoms with Crippen LogP contribution >= 0.6 is 39.1 Å². The number of sulfonamides is 1. The van der Waals surface area contributed by atoms with Crippen LogP contribution in [0.2, 0.25) is 10.0 Å². The number of halogens is 4. The topological polar surface area (TPSA) is 75.7 Å². The molecule has 0 unspecified atom stereocenters. The fraction of sp³-hybridized carbons (Fsp3) is 0.136. The molecule has 0 fully saturated rings. The van der Waals surface area contributed by atoms with Crippen molar-refractivity contribution in [1.82, 2.24) is 0 Å². The lowest BCUT2D eigenvalue weighted by Crippen LogP contribution is -2.38. The molecule has 3 rings (SSSR count). The van der Waals surface area contributed by atoms with E-state index in [9.17, 15) is 17.6 Å². The maximum Gasteiger partial charge on any atom is 0.268 e. The minimum Gasteiger partial charge on any atom is -0.495 e. The molecule has 0 saturated heterocycles. The first-order chi connectivity index (χ1) is 15.5. The van der Waals surface area contributed by atoms with E-state index in [1.165, 1.54) is 49.6 Å². The van der Waals surface area contributed by atoms with Crippen molar-refractivity contribution in [3.63, 3.8) is 0 Å². The van der Waals surface area contributed by atoms with Crippen LogP contribution in [-0.2, 0) is 14.8 Å². The Bertz CT molecular complexity index is 1320. The summed E-state index contributed by atoms with van der Waals surface area (Å²) in [6.45, 7) is 1.07. The molecule has 174 valence electrons. The summed E-state index contributed by atoms with van der Waals surface area (Å²) in [6, 6.07) is 12.9. The second-order valence-corrected chi connectivity index (χ2v) is 10.5. The van der Waals surface area contributed by atoms with E-state index in [4.69, 9.17) is 27.9 Å². The Kier molecular flexibility index (Phi) is 7.89. The van der Waals surface area contributed by atoms with Gasteiger partial charge in [0.25, 0.3) is 10.0 Å². The first-order valence-electron chi connectivity index (χ1n) is 9.40. The molecule has 0 aliphatic carbocycles. The van der Waals surface area contributed by atoms with Crippen molar-refractivity contribution in [2.75, 3.05) is 23.3 Å². The highest BCUT2D eigenvalue weighted by atomic mass is 79.9. The maximum absolute atomic E-state index is 14.2. The fourth-order valence-corrected chi connectivity index (χ4v) is 5.25. The predicted molar refractivity (Wildman–Crippen MR) is 131 cm³/mol. The van der Waals surface area contributed by atoms with E-state index >= 15 is 0 Å². The van der Waals surface area contributed by atoms with E-state index in [1.807, 2.05) is 0 Å². The first-order valence-corrected chi connectivity index (χ1v) is 12.4. The van der Waals surface area contributed by atoms with Gasteiger partial charge in [0.1, 0.15) is 23.0 Å². The lowest BCUT2D eigenvalue weighted by molar-refractivity contribution is -0.114. The van der Waals surface area contributed by atoms with E-state index in [0.717, 1.165) is 4.31 Å². The molecular weight excluding hydrogens is 558 g/mol. The molecule has 0 aromatic heterocycles. The van der Waals surface area contributed by atoms with Crippen molar-refractivity contribution >= 4 is 66.4 Å². The number of ether oxygens (including phenoxy) is 1. The van der Waals surface area contributed by atoms with Gasteiger partial charge in [-0.3, -0.25) is 9.10 Å². The number of amides is 1. The third-order valence-electron chi connectivity index (χ3n) is 4.57. The Morgan fingerprint density at radius 3 is 2.45 bits per heavy atom. The van der Waals surface area contributed by atoms with Crippen LogP contribution < -0.4 is 14.4 Å². The largest absolute Gasteiger partial charge is 0.495 e. The molecule has 0 heterocycles. The number of hydrogen-bond donors (Lipinski definition) is 1. The summed E-state index contributed by atoms with van der Waals surface area (Å²) in [7, 11) is -2.97. The van der Waals surface area contributed by atoms with Gasteiger partial charge in [-0.15, -0.1) is 0 Å². The van der Waals surface area contributed by atoms with Gasteiger partial charge in [-0.2, -0.15) is 0 Å². The zero-order chi connectivity index (χ0) is 24.3. The molecule has 6 nitrogen and oxygen atoms in total. The Morgan fingerprint density at radius 1 is 1.09 bits per heavy atom. The van der Waals surface area contributed by atoms with Crippen LogP contribution in [0.5, 0.6) is 5.75 Å². The van der Waals surface area contributed by atoms with Gasteiger partial charge < -0.3 is 10.1 Å². The number of methoxy groups -OCH3 is 1. The Morgan fingerprint density at radius 2 is 1.82 bits per heavy atom. The van der Waals surface area contributed by atoms with Gasteiger partial charge in [0.05, 0.1) is 28.5 Å². The highest BCUT2D eigenvalue weighted by Crippen LogP contribution is 2.34. The van der Waals surface area contributed by atoms with Crippen molar-refractivity contribution in [1.29, 1.82) is 0 Å². The molecule has 3 aromatic carbocycles. The third kappa shape index (κ3) is 5.78. The zero-order valence-electron chi connectivity index (χ0n) is 17.4. The molecule has 3 aromatic rings. The molecule has 1 amide bonds. The summed E-state index contributed by atoms with van der Waals surface area (Å²) in [4.78, 5) is 12.7. The van der Waals surface area contributed by atoms with Crippen molar-refractivity contribution in [3.05, 3.63) is 80.5 Å². The van der Waals surface area contributed by atoms with Gasteiger partial charge in [-0.25, -0.2) is 12.8 Å². The van der Waals surface area contributed by atoms with Crippen molar-refractivity contribution in [2.45, 2.75) is 11.8 Å². The minimum absolute atomic E-state index is 0.0946. The normalized spacial score (nSPS) is 11.2. The zero-order valence-corrected chi connectivity index (χ0v) is 21.3. The van der Waals surface area contributed by atoms with Crippen LogP contribution in [0.4, 0.5) is 15.8 Å². The number of anilines is 2. The highest BCUT2D eigenvalue weighted by Gasteiger charge is 2.31. The number of nitrogens with zero attached hydrogens (tertiary/aromatic N) is 1. The number of aryl methyl sites for hydroxylation is 1. The summed E-state index contributed by atoms with van der Waals surface area (Å²) in [6.07, 6.45) is 0. The van der Waals surface area contributed by atoms with Crippen molar-refractivity contribution in [3.8, 4) is 5.75 Å². The molecule has 0 spiro atoms. The summed E-state index contributed by atoms with van der Waals surface area (Å²) >= 11 is 15.2. The third-order valence-corrected chi connectivity index (χ3v) is 7.60. The van der Waals surface area contributed by atoms with Gasteiger partial charge in [-0.1, -0.05) is 45.2 Å². The van der Waals surface area contributed by atoms with Crippen molar-refractivity contribution in [2.24, 2.45) is 0 Å². The SMILES string of the molecule is COc1ccc(C)cc1S(=O)(=O)N(CC(=O)Nc1ccc(Br)cc1F)c1ccc(Cl)c(Cl)c1. The van der Waals surface area contributed by atoms with Crippen LogP contribution in [0.3, 0.4) is 0 Å². The summed E-state index contributed by atoms with van der Waals surface area (Å²) in [5.41, 5.74) is 0.673. The van der Waals surface area contributed by atoms with E-state index in [1.54, 1.807) is 19.1 Å². The predicted octanol–water partition coefficient (Wildman–Crippen LogP) is 6.05. The standard InChI is InChI=1S/C22H18BrCl2FN2O4S/c1-13-3-8-20(32-2)21(9-13)33(30,31)28(15-5-6-16(24)17(25)11-15)12-22(29)27-19-7-4-14(23)10-18(19)26/h3-11H,12H2,1-2H3,(H,27,29). The average Bonchev–Trinajstić information content (AvgIpc) is 2.76. The van der Waals surface area contributed by atoms with E-state index in [-0.39, 0.29) is 32.1 Å². The molecule has 0 bridgehead atoms. The second-order valence-electron chi connectivity index (χ2n) is 6.94. The number of benzene rings is 3. The first kappa shape index (κ1) is 25.3. The monoisotopic (exact) mass is 574 g/mol. The summed E-state index contributed by atoms with van der Waals surface area (Å²) in [5.74, 6) is -1.34. The molecule has 0 radical (unpaired) electrons. The van der Waals surface area contributed by atoms with Gasteiger partial charge in [-0.05, 0) is 61.0 Å². The average molecular weight is 576 g/mol. The molecule has 33 heavy (non-hydrogen) atoms. The van der Waals surface area contributed by atoms with E-state index in [2.05, 4.69) is 21.2 Å². The number of carbonyl (C=O) groups excluding carboxylic acids is 1. The van der Waals surface area contributed by atoms with Crippen molar-refractivity contribution < 1.29 is 22.3 Å². The molecule has 0 aliphatic heterocycles. The minimum atomic E-state index is -4.31. The van der Waals surface area contributed by atoms with Gasteiger partial charge in [0.15, 0.2) is 0 Å². The highest BCUT2D eigenvalue weighted by molar-refractivity contribution is 9.10. The Labute approximate surface area is 209 Å². The maximum atomic E-state index is 14.2. The molecule has 0 aliphatic rings. The lowest BCUT2D eigenvalue weighted by Gasteiger charge is -2.25. The summed E-state index contributed by atoms with van der Waals surface area (Å²) < 4.78 is 48.1. The van der Waals surface area contributed by atoms with Crippen LogP contribution in [0, 0.1) is 12.7 Å². The second kappa shape index (κ2) is 10.3. The molecule has 0 atom stereocenters. The smallest absolute Gasteiger partial charge is 0.268 e.